The van der Waals surface area contributed by atoms with E-state index in [-0.39, 0.29) is 28.3 Å². The van der Waals surface area contributed by atoms with E-state index < -0.39 is 55.2 Å². The van der Waals surface area contributed by atoms with Crippen LogP contribution in [0.1, 0.15) is 40.0 Å². The molecule has 17 heteroatoms. The van der Waals surface area contributed by atoms with Crippen molar-refractivity contribution in [2.24, 2.45) is 5.92 Å². The fraction of sp³-hybridized carbons (Fsp3) is 0.259. The Bertz CT molecular complexity index is 1730. The van der Waals surface area contributed by atoms with Crippen molar-refractivity contribution in [2.75, 3.05) is 20.5 Å². The maximum absolute atomic E-state index is 12.4. The van der Waals surface area contributed by atoms with Crippen LogP contribution in [0.15, 0.2) is 57.4 Å². The van der Waals surface area contributed by atoms with Gasteiger partial charge >= 0.3 is 5.97 Å². The molecule has 0 amide bonds. The number of hydrogen-bond donors (Lipinski definition) is 1. The Morgan fingerprint density at radius 1 is 1.05 bits per heavy atom. The van der Waals surface area contributed by atoms with Crippen LogP contribution in [0.5, 0.6) is 11.8 Å². The molecule has 1 saturated carbocycles. The maximum Gasteiger partial charge on any atom is 0.338 e. The molecule has 0 unspecified atom stereocenters. The first-order valence-electron chi connectivity index (χ1n) is 12.4. The van der Waals surface area contributed by atoms with Gasteiger partial charge in [0, 0.05) is 30.1 Å². The van der Waals surface area contributed by atoms with E-state index in [9.17, 15) is 42.8 Å². The van der Waals surface area contributed by atoms with Crippen LogP contribution in [0.25, 0.3) is 0 Å². The van der Waals surface area contributed by atoms with Gasteiger partial charge in [0.15, 0.2) is 32.3 Å². The summed E-state index contributed by atoms with van der Waals surface area (Å²) < 4.78 is 33.1. The number of carboxylic acid groups (broad SMARTS) is 1. The van der Waals surface area contributed by atoms with Crippen LogP contribution in [-0.2, 0) is 19.4 Å². The lowest BCUT2D eigenvalue weighted by Gasteiger charge is -2.18. The molecule has 1 aliphatic rings. The minimum atomic E-state index is -3.70. The van der Waals surface area contributed by atoms with Crippen molar-refractivity contribution >= 4 is 62.2 Å². The van der Waals surface area contributed by atoms with Crippen molar-refractivity contribution in [3.8, 4) is 11.8 Å². The molecule has 3 aromatic rings. The number of halogens is 1. The molecule has 1 aromatic heterocycles. The molecular formula is C27H24ClN3O11S2. The van der Waals surface area contributed by atoms with Gasteiger partial charge < -0.3 is 14.6 Å². The number of ketones is 3. The Hall–Kier alpha value is -4.41. The molecule has 0 bridgehead atoms. The molecule has 1 aliphatic carbocycles. The molecule has 0 aliphatic heterocycles. The highest BCUT2D eigenvalue weighted by Gasteiger charge is 2.39. The van der Waals surface area contributed by atoms with Gasteiger partial charge in [-0.05, 0) is 42.4 Å². The number of carboxylic acids is 1. The number of carbonyl (C=O) groups is 4. The molecule has 4 rings (SSSR count). The highest BCUT2D eigenvalue weighted by Crippen LogP contribution is 2.34. The SMILES string of the molecule is COc1cc(OC)nc(Sc2cccc(Cl)c2C(=O)O)n1.CS(=O)(=O)c1ccc(C(=O)C2C(=O)CCCC2=O)c([N+](=O)[O-])c1. The monoisotopic (exact) mass is 665 g/mol. The molecule has 44 heavy (non-hydrogen) atoms. The second-order valence-electron chi connectivity index (χ2n) is 9.05. The van der Waals surface area contributed by atoms with Gasteiger partial charge in [-0.3, -0.25) is 24.5 Å². The highest BCUT2D eigenvalue weighted by molar-refractivity contribution is 7.99. The Balaban J connectivity index is 0.000000241. The van der Waals surface area contributed by atoms with Gasteiger partial charge in [-0.15, -0.1) is 0 Å². The van der Waals surface area contributed by atoms with Gasteiger partial charge in [0.1, 0.15) is 5.92 Å². The van der Waals surface area contributed by atoms with Crippen LogP contribution in [0.2, 0.25) is 5.02 Å². The van der Waals surface area contributed by atoms with Gasteiger partial charge in [-0.1, -0.05) is 17.7 Å². The highest BCUT2D eigenvalue weighted by atomic mass is 35.5. The van der Waals surface area contributed by atoms with Crippen LogP contribution in [0, 0.1) is 16.0 Å². The average molecular weight is 666 g/mol. The summed E-state index contributed by atoms with van der Waals surface area (Å²) in [6.45, 7) is 0. The number of aromatic nitrogens is 2. The first kappa shape index (κ1) is 34.1. The summed E-state index contributed by atoms with van der Waals surface area (Å²) >= 11 is 6.99. The lowest BCUT2D eigenvalue weighted by Crippen LogP contribution is -2.35. The number of nitro benzene ring substituents is 1. The molecule has 232 valence electrons. The lowest BCUT2D eigenvalue weighted by molar-refractivity contribution is -0.385. The smallest absolute Gasteiger partial charge is 0.338 e. The van der Waals surface area contributed by atoms with E-state index in [4.69, 9.17) is 21.1 Å². The zero-order valence-electron chi connectivity index (χ0n) is 23.3. The normalized spacial score (nSPS) is 13.5. The number of hydrogen-bond acceptors (Lipinski definition) is 13. The van der Waals surface area contributed by atoms with Crippen LogP contribution in [0.3, 0.4) is 0 Å². The number of benzene rings is 2. The molecule has 1 heterocycles. The Kier molecular flexibility index (Phi) is 11.1. The number of carbonyl (C=O) groups excluding carboxylic acids is 3. The predicted octanol–water partition coefficient (Wildman–Crippen LogP) is 4.12. The third kappa shape index (κ3) is 8.15. The van der Waals surface area contributed by atoms with Gasteiger partial charge in [0.25, 0.3) is 5.69 Å². The van der Waals surface area contributed by atoms with Gasteiger partial charge in [0.2, 0.25) is 11.8 Å². The molecule has 2 aromatic carbocycles. The van der Waals surface area contributed by atoms with Crippen LogP contribution >= 0.6 is 23.4 Å². The number of methoxy groups -OCH3 is 2. The third-order valence-corrected chi connectivity index (χ3v) is 8.43. The maximum atomic E-state index is 12.4. The number of Topliss-reactive ketones (excluding diaryl/α,β-unsaturated/α-hetero) is 3. The summed E-state index contributed by atoms with van der Waals surface area (Å²) in [5.41, 5.74) is -1.16. The van der Waals surface area contributed by atoms with Crippen LogP contribution < -0.4 is 9.47 Å². The Morgan fingerprint density at radius 3 is 2.14 bits per heavy atom. The average Bonchev–Trinajstić information content (AvgIpc) is 2.96. The molecular weight excluding hydrogens is 642 g/mol. The minimum absolute atomic E-state index is 0.00885. The van der Waals surface area contributed by atoms with E-state index in [0.29, 0.717) is 28.2 Å². The van der Waals surface area contributed by atoms with E-state index in [1.54, 1.807) is 12.1 Å². The van der Waals surface area contributed by atoms with Crippen molar-refractivity contribution in [3.63, 3.8) is 0 Å². The summed E-state index contributed by atoms with van der Waals surface area (Å²) in [4.78, 5) is 66.0. The molecule has 1 N–H and O–H groups in total. The number of ether oxygens (including phenoxy) is 2. The van der Waals surface area contributed by atoms with Gasteiger partial charge in [-0.25, -0.2) is 13.2 Å². The quantitative estimate of drug-likeness (QED) is 0.112. The topological polar surface area (TPSA) is 210 Å². The summed E-state index contributed by atoms with van der Waals surface area (Å²) in [6.07, 6.45) is 1.37. The number of rotatable bonds is 9. The van der Waals surface area contributed by atoms with E-state index in [1.807, 2.05) is 0 Å². The predicted molar refractivity (Wildman–Crippen MR) is 156 cm³/mol. The number of nitrogens with zero attached hydrogens (tertiary/aromatic N) is 3. The van der Waals surface area contributed by atoms with Crippen LogP contribution in [0.4, 0.5) is 5.69 Å². The summed E-state index contributed by atoms with van der Waals surface area (Å²) in [5, 5.41) is 20.8. The Morgan fingerprint density at radius 2 is 1.64 bits per heavy atom. The second-order valence-corrected chi connectivity index (χ2v) is 12.5. The number of sulfone groups is 1. The van der Waals surface area contributed by atoms with E-state index in [2.05, 4.69) is 9.97 Å². The fourth-order valence-electron chi connectivity index (χ4n) is 3.99. The van der Waals surface area contributed by atoms with Crippen molar-refractivity contribution in [3.05, 3.63) is 68.7 Å². The van der Waals surface area contributed by atoms with Crippen molar-refractivity contribution < 1.29 is 47.1 Å². The molecule has 0 radical (unpaired) electrons. The van der Waals surface area contributed by atoms with E-state index in [1.165, 1.54) is 26.4 Å². The van der Waals surface area contributed by atoms with Crippen LogP contribution in [-0.4, -0.2) is 72.2 Å². The number of nitro groups is 1. The lowest BCUT2D eigenvalue weighted by atomic mass is 9.81. The summed E-state index contributed by atoms with van der Waals surface area (Å²) in [6, 6.07) is 9.13. The summed E-state index contributed by atoms with van der Waals surface area (Å²) in [7, 11) is -0.756. The first-order valence-corrected chi connectivity index (χ1v) is 15.5. The standard InChI is InChI=1S/C14H13NO7S.C13H11ClN2O4S/c1-23(21,22)8-5-6-9(10(7-8)15(19)20)14(18)13-11(16)3-2-4-12(13)17;1-19-9-6-10(20-2)16-13(15-9)21-8-5-3-4-7(14)11(8)12(17)18/h5-7,13H,2-4H2,1H3;3-6H,1-2H3,(H,17,18). The first-order chi connectivity index (χ1) is 20.7. The fourth-order valence-corrected chi connectivity index (χ4v) is 5.85. The van der Waals surface area contributed by atoms with E-state index >= 15 is 0 Å². The Labute approximate surface area is 259 Å². The summed E-state index contributed by atoms with van der Waals surface area (Å²) in [5.74, 6) is -4.08. The molecule has 0 saturated heterocycles. The van der Waals surface area contributed by atoms with Gasteiger partial charge in [-0.2, -0.15) is 9.97 Å². The van der Waals surface area contributed by atoms with Crippen molar-refractivity contribution in [2.45, 2.75) is 34.2 Å². The third-order valence-electron chi connectivity index (χ3n) is 6.08. The molecule has 1 fully saturated rings. The van der Waals surface area contributed by atoms with Crippen molar-refractivity contribution in [1.82, 2.24) is 9.97 Å². The minimum Gasteiger partial charge on any atom is -0.481 e. The van der Waals surface area contributed by atoms with Crippen molar-refractivity contribution in [1.29, 1.82) is 0 Å². The number of aromatic carboxylic acids is 1. The molecule has 0 atom stereocenters. The van der Waals surface area contributed by atoms with E-state index in [0.717, 1.165) is 36.2 Å². The second kappa shape index (κ2) is 14.4. The van der Waals surface area contributed by atoms with Gasteiger partial charge in [0.05, 0.1) is 46.3 Å². The largest absolute Gasteiger partial charge is 0.481 e. The molecule has 0 spiro atoms. The zero-order chi connectivity index (χ0) is 32.8. The zero-order valence-corrected chi connectivity index (χ0v) is 25.7. The molecule has 14 nitrogen and oxygen atoms in total.